The van der Waals surface area contributed by atoms with Crippen LogP contribution in [0.5, 0.6) is 0 Å². The Hall–Kier alpha value is -1.14. The SMILES string of the molecule is Cl.NCc1ccc(C(=O)NCCCCN2CCOCC2)cc1. The van der Waals surface area contributed by atoms with Gasteiger partial charge in [-0.25, -0.2) is 0 Å². The third-order valence-corrected chi connectivity index (χ3v) is 3.74. The fraction of sp³-hybridized carbons (Fsp3) is 0.562. The molecule has 1 amide bonds. The first-order valence-corrected chi connectivity index (χ1v) is 7.67. The summed E-state index contributed by atoms with van der Waals surface area (Å²) >= 11 is 0. The Balaban J connectivity index is 0.00000242. The largest absolute Gasteiger partial charge is 0.379 e. The average Bonchev–Trinajstić information content (AvgIpc) is 2.55. The number of carbonyl (C=O) groups is 1. The number of morpholine rings is 1. The maximum absolute atomic E-state index is 11.9. The van der Waals surface area contributed by atoms with E-state index in [-0.39, 0.29) is 18.3 Å². The summed E-state index contributed by atoms with van der Waals surface area (Å²) in [6, 6.07) is 7.44. The van der Waals surface area contributed by atoms with E-state index in [0.717, 1.165) is 57.8 Å². The van der Waals surface area contributed by atoms with Crippen molar-refractivity contribution >= 4 is 18.3 Å². The minimum Gasteiger partial charge on any atom is -0.379 e. The molecule has 0 aromatic heterocycles. The second-order valence-corrected chi connectivity index (χ2v) is 5.32. The summed E-state index contributed by atoms with van der Waals surface area (Å²) in [5.41, 5.74) is 7.27. The highest BCUT2D eigenvalue weighted by molar-refractivity contribution is 5.94. The number of hydrogen-bond donors (Lipinski definition) is 2. The van der Waals surface area contributed by atoms with Gasteiger partial charge in [0.15, 0.2) is 0 Å². The minimum absolute atomic E-state index is 0. The van der Waals surface area contributed by atoms with Crippen LogP contribution in [0.15, 0.2) is 24.3 Å². The number of hydrogen-bond acceptors (Lipinski definition) is 4. The zero-order chi connectivity index (χ0) is 14.9. The second-order valence-electron chi connectivity index (χ2n) is 5.32. The Morgan fingerprint density at radius 1 is 1.18 bits per heavy atom. The molecule has 0 spiro atoms. The molecule has 0 atom stereocenters. The van der Waals surface area contributed by atoms with Crippen molar-refractivity contribution in [2.75, 3.05) is 39.4 Å². The normalized spacial score (nSPS) is 15.1. The Labute approximate surface area is 138 Å². The van der Waals surface area contributed by atoms with Gasteiger partial charge in [-0.1, -0.05) is 12.1 Å². The zero-order valence-electron chi connectivity index (χ0n) is 12.9. The first-order valence-electron chi connectivity index (χ1n) is 7.67. The number of benzene rings is 1. The molecule has 1 fully saturated rings. The molecule has 0 aliphatic carbocycles. The first kappa shape index (κ1) is 18.9. The van der Waals surface area contributed by atoms with E-state index in [9.17, 15) is 4.79 Å². The van der Waals surface area contributed by atoms with Crippen LogP contribution < -0.4 is 11.1 Å². The van der Waals surface area contributed by atoms with Gasteiger partial charge in [-0.3, -0.25) is 9.69 Å². The van der Waals surface area contributed by atoms with Crippen molar-refractivity contribution in [2.24, 2.45) is 5.73 Å². The highest BCUT2D eigenvalue weighted by Gasteiger charge is 2.09. The molecule has 1 aromatic rings. The molecule has 0 unspecified atom stereocenters. The topological polar surface area (TPSA) is 67.6 Å². The zero-order valence-corrected chi connectivity index (χ0v) is 13.7. The van der Waals surface area contributed by atoms with Crippen molar-refractivity contribution < 1.29 is 9.53 Å². The Kier molecular flexibility index (Phi) is 9.08. The van der Waals surface area contributed by atoms with Crippen LogP contribution in [0.1, 0.15) is 28.8 Å². The molecule has 5 nitrogen and oxygen atoms in total. The summed E-state index contributed by atoms with van der Waals surface area (Å²) in [5, 5.41) is 2.96. The fourth-order valence-corrected chi connectivity index (χ4v) is 2.38. The van der Waals surface area contributed by atoms with Crippen molar-refractivity contribution in [3.63, 3.8) is 0 Å². The van der Waals surface area contributed by atoms with E-state index in [1.807, 2.05) is 24.3 Å². The number of nitrogens with two attached hydrogens (primary N) is 1. The number of nitrogens with zero attached hydrogens (tertiary/aromatic N) is 1. The number of ether oxygens (including phenoxy) is 1. The predicted octanol–water partition coefficient (Wildman–Crippen LogP) is 1.41. The molecule has 0 bridgehead atoms. The minimum atomic E-state index is -0.00931. The van der Waals surface area contributed by atoms with Crippen molar-refractivity contribution in [2.45, 2.75) is 19.4 Å². The van der Waals surface area contributed by atoms with Gasteiger partial charge in [0.25, 0.3) is 5.91 Å². The van der Waals surface area contributed by atoms with Crippen LogP contribution in [-0.4, -0.2) is 50.2 Å². The lowest BCUT2D eigenvalue weighted by Gasteiger charge is -2.26. The molecule has 2 rings (SSSR count). The Morgan fingerprint density at radius 2 is 1.86 bits per heavy atom. The molecule has 3 N–H and O–H groups in total. The molecule has 1 heterocycles. The molecule has 1 aliphatic rings. The van der Waals surface area contributed by atoms with Crippen molar-refractivity contribution in [3.8, 4) is 0 Å². The van der Waals surface area contributed by atoms with Gasteiger partial charge in [0, 0.05) is 31.7 Å². The van der Waals surface area contributed by atoms with E-state index < -0.39 is 0 Å². The summed E-state index contributed by atoms with van der Waals surface area (Å²) in [6.45, 7) is 6.06. The number of amides is 1. The molecule has 1 aromatic carbocycles. The maximum atomic E-state index is 11.9. The van der Waals surface area contributed by atoms with Crippen LogP contribution in [0.4, 0.5) is 0 Å². The monoisotopic (exact) mass is 327 g/mol. The molecule has 0 radical (unpaired) electrons. The number of nitrogens with one attached hydrogen (secondary N) is 1. The van der Waals surface area contributed by atoms with E-state index in [1.165, 1.54) is 0 Å². The van der Waals surface area contributed by atoms with Gasteiger partial charge >= 0.3 is 0 Å². The van der Waals surface area contributed by atoms with E-state index >= 15 is 0 Å². The summed E-state index contributed by atoms with van der Waals surface area (Å²) < 4.78 is 5.32. The summed E-state index contributed by atoms with van der Waals surface area (Å²) in [6.07, 6.45) is 2.11. The molecule has 1 saturated heterocycles. The quantitative estimate of drug-likeness (QED) is 0.743. The van der Waals surface area contributed by atoms with Gasteiger partial charge < -0.3 is 15.8 Å². The van der Waals surface area contributed by atoms with Crippen LogP contribution in [0.3, 0.4) is 0 Å². The lowest BCUT2D eigenvalue weighted by atomic mass is 10.1. The van der Waals surface area contributed by atoms with E-state index in [1.54, 1.807) is 0 Å². The van der Waals surface area contributed by atoms with Gasteiger partial charge in [0.2, 0.25) is 0 Å². The van der Waals surface area contributed by atoms with Crippen LogP contribution in [0.25, 0.3) is 0 Å². The van der Waals surface area contributed by atoms with E-state index in [0.29, 0.717) is 12.1 Å². The van der Waals surface area contributed by atoms with Gasteiger partial charge in [0.1, 0.15) is 0 Å². The van der Waals surface area contributed by atoms with E-state index in [2.05, 4.69) is 10.2 Å². The maximum Gasteiger partial charge on any atom is 0.251 e. The Bertz CT molecular complexity index is 434. The van der Waals surface area contributed by atoms with Crippen LogP contribution in [0.2, 0.25) is 0 Å². The highest BCUT2D eigenvalue weighted by Crippen LogP contribution is 2.04. The lowest BCUT2D eigenvalue weighted by molar-refractivity contribution is 0.0372. The van der Waals surface area contributed by atoms with Crippen LogP contribution in [0, 0.1) is 0 Å². The van der Waals surface area contributed by atoms with Crippen molar-refractivity contribution in [3.05, 3.63) is 35.4 Å². The van der Waals surface area contributed by atoms with Gasteiger partial charge in [-0.15, -0.1) is 12.4 Å². The molecule has 0 saturated carbocycles. The summed E-state index contributed by atoms with van der Waals surface area (Å²) in [4.78, 5) is 14.4. The average molecular weight is 328 g/mol. The summed E-state index contributed by atoms with van der Waals surface area (Å²) in [7, 11) is 0. The number of rotatable bonds is 7. The first-order chi connectivity index (χ1) is 10.3. The van der Waals surface area contributed by atoms with Crippen LogP contribution >= 0.6 is 12.4 Å². The molecule has 6 heteroatoms. The fourth-order valence-electron chi connectivity index (χ4n) is 2.38. The van der Waals surface area contributed by atoms with E-state index in [4.69, 9.17) is 10.5 Å². The standard InChI is InChI=1S/C16H25N3O2.ClH/c17-13-14-3-5-15(6-4-14)16(20)18-7-1-2-8-19-9-11-21-12-10-19;/h3-6H,1-2,7-13,17H2,(H,18,20);1H. The lowest BCUT2D eigenvalue weighted by Crippen LogP contribution is -2.37. The third kappa shape index (κ3) is 6.32. The smallest absolute Gasteiger partial charge is 0.251 e. The number of unbranched alkanes of at least 4 members (excludes halogenated alkanes) is 1. The molecular weight excluding hydrogens is 302 g/mol. The molecule has 22 heavy (non-hydrogen) atoms. The number of carbonyl (C=O) groups excluding carboxylic acids is 1. The third-order valence-electron chi connectivity index (χ3n) is 3.74. The highest BCUT2D eigenvalue weighted by atomic mass is 35.5. The van der Waals surface area contributed by atoms with Crippen molar-refractivity contribution in [1.29, 1.82) is 0 Å². The predicted molar refractivity (Wildman–Crippen MR) is 90.4 cm³/mol. The second kappa shape index (κ2) is 10.6. The van der Waals surface area contributed by atoms with Gasteiger partial charge in [0.05, 0.1) is 13.2 Å². The van der Waals surface area contributed by atoms with Crippen LogP contribution in [-0.2, 0) is 11.3 Å². The Morgan fingerprint density at radius 3 is 2.50 bits per heavy atom. The molecule has 1 aliphatic heterocycles. The molecule has 124 valence electrons. The van der Waals surface area contributed by atoms with Gasteiger partial charge in [-0.05, 0) is 37.1 Å². The summed E-state index contributed by atoms with van der Waals surface area (Å²) in [5.74, 6) is -0.00931. The van der Waals surface area contributed by atoms with Crippen molar-refractivity contribution in [1.82, 2.24) is 10.2 Å². The van der Waals surface area contributed by atoms with Gasteiger partial charge in [-0.2, -0.15) is 0 Å². The number of halogens is 1. The molecular formula is C16H26ClN3O2.